The number of fused-ring (bicyclic) bond motifs is 2. The van der Waals surface area contributed by atoms with Crippen molar-refractivity contribution in [1.82, 2.24) is 15.2 Å². The standard InChI is InChI=1S/C23H24N4O4/c1-4-27-23(29)18-9-7-6-8-17(18)21(26-27)22(28)25-24-13-16-12-20-15(10-14(3)31-20)11-19(16)30-5-2/h6-9,11-14H,4-5,10H2,1-3H3,(H,25,28)/b24-13-/t14-/m1/s1. The van der Waals surface area contributed by atoms with E-state index in [1.54, 1.807) is 31.2 Å². The van der Waals surface area contributed by atoms with Gasteiger partial charge in [-0.15, -0.1) is 0 Å². The van der Waals surface area contributed by atoms with Crippen molar-refractivity contribution in [3.63, 3.8) is 0 Å². The zero-order valence-electron chi connectivity index (χ0n) is 17.7. The Hall–Kier alpha value is -3.68. The number of aromatic nitrogens is 2. The van der Waals surface area contributed by atoms with Crippen molar-refractivity contribution < 1.29 is 14.3 Å². The average molecular weight is 420 g/mol. The molecule has 0 saturated heterocycles. The van der Waals surface area contributed by atoms with Gasteiger partial charge in [0.15, 0.2) is 5.69 Å². The summed E-state index contributed by atoms with van der Waals surface area (Å²) in [4.78, 5) is 25.3. The van der Waals surface area contributed by atoms with Crippen LogP contribution in [0.2, 0.25) is 0 Å². The van der Waals surface area contributed by atoms with Crippen LogP contribution in [0.3, 0.4) is 0 Å². The van der Waals surface area contributed by atoms with Crippen LogP contribution in [-0.4, -0.2) is 34.6 Å². The molecule has 0 spiro atoms. The lowest BCUT2D eigenvalue weighted by Crippen LogP contribution is -2.28. The first-order chi connectivity index (χ1) is 15.0. The quantitative estimate of drug-likeness (QED) is 0.489. The summed E-state index contributed by atoms with van der Waals surface area (Å²) in [5, 5.41) is 9.25. The van der Waals surface area contributed by atoms with Crippen LogP contribution in [0.5, 0.6) is 11.5 Å². The molecule has 8 nitrogen and oxygen atoms in total. The average Bonchev–Trinajstić information content (AvgIpc) is 3.13. The van der Waals surface area contributed by atoms with Gasteiger partial charge >= 0.3 is 0 Å². The van der Waals surface area contributed by atoms with E-state index in [4.69, 9.17) is 9.47 Å². The fraction of sp³-hybridized carbons (Fsp3) is 0.304. The van der Waals surface area contributed by atoms with Crippen molar-refractivity contribution >= 4 is 22.9 Å². The second-order valence-electron chi connectivity index (χ2n) is 7.28. The van der Waals surface area contributed by atoms with Gasteiger partial charge in [0.05, 0.1) is 18.2 Å². The second-order valence-corrected chi connectivity index (χ2v) is 7.28. The number of nitrogens with zero attached hydrogens (tertiary/aromatic N) is 3. The molecule has 3 aromatic rings. The Kier molecular flexibility index (Phi) is 5.70. The molecule has 4 rings (SSSR count). The molecule has 0 aliphatic carbocycles. The molecule has 0 radical (unpaired) electrons. The predicted octanol–water partition coefficient (Wildman–Crippen LogP) is 2.90. The van der Waals surface area contributed by atoms with Crippen LogP contribution in [-0.2, 0) is 13.0 Å². The summed E-state index contributed by atoms with van der Waals surface area (Å²) < 4.78 is 12.8. The van der Waals surface area contributed by atoms with Crippen molar-refractivity contribution in [1.29, 1.82) is 0 Å². The first-order valence-electron chi connectivity index (χ1n) is 10.3. The van der Waals surface area contributed by atoms with Crippen molar-refractivity contribution in [2.45, 2.75) is 39.8 Å². The molecule has 0 bridgehead atoms. The smallest absolute Gasteiger partial charge is 0.292 e. The summed E-state index contributed by atoms with van der Waals surface area (Å²) in [6.07, 6.45) is 2.47. The Morgan fingerprint density at radius 2 is 2.10 bits per heavy atom. The van der Waals surface area contributed by atoms with Gasteiger partial charge in [0, 0.05) is 29.5 Å². The highest BCUT2D eigenvalue weighted by Crippen LogP contribution is 2.34. The Labute approximate surface area is 179 Å². The number of nitrogens with one attached hydrogen (secondary N) is 1. The number of amides is 1. The van der Waals surface area contributed by atoms with Gasteiger partial charge in [-0.2, -0.15) is 10.2 Å². The number of aryl methyl sites for hydroxylation is 1. The molecule has 1 aliphatic rings. The van der Waals surface area contributed by atoms with Crippen molar-refractivity contribution in [2.24, 2.45) is 5.10 Å². The lowest BCUT2D eigenvalue weighted by Gasteiger charge is -2.10. The fourth-order valence-corrected chi connectivity index (χ4v) is 3.67. The molecule has 0 unspecified atom stereocenters. The predicted molar refractivity (Wildman–Crippen MR) is 118 cm³/mol. The van der Waals surface area contributed by atoms with E-state index in [9.17, 15) is 9.59 Å². The Balaban J connectivity index is 1.62. The molecule has 1 atom stereocenters. The van der Waals surface area contributed by atoms with E-state index in [1.807, 2.05) is 26.0 Å². The maximum absolute atomic E-state index is 12.8. The number of benzene rings is 2. The van der Waals surface area contributed by atoms with Crippen LogP contribution < -0.4 is 20.5 Å². The first kappa shape index (κ1) is 20.6. The summed E-state index contributed by atoms with van der Waals surface area (Å²) in [6.45, 7) is 6.60. The molecule has 31 heavy (non-hydrogen) atoms. The van der Waals surface area contributed by atoms with Crippen LogP contribution in [0.1, 0.15) is 42.4 Å². The summed E-state index contributed by atoms with van der Waals surface area (Å²) in [7, 11) is 0. The summed E-state index contributed by atoms with van der Waals surface area (Å²) in [5.41, 5.74) is 4.22. The number of hydrogen-bond acceptors (Lipinski definition) is 6. The van der Waals surface area contributed by atoms with Crippen LogP contribution in [0.4, 0.5) is 0 Å². The Morgan fingerprint density at radius 1 is 1.32 bits per heavy atom. The van der Waals surface area contributed by atoms with Gasteiger partial charge in [0.1, 0.15) is 17.6 Å². The number of ether oxygens (including phenoxy) is 2. The van der Waals surface area contributed by atoms with Gasteiger partial charge in [-0.1, -0.05) is 18.2 Å². The Morgan fingerprint density at radius 3 is 2.84 bits per heavy atom. The van der Waals surface area contributed by atoms with Gasteiger partial charge in [-0.3, -0.25) is 9.59 Å². The van der Waals surface area contributed by atoms with E-state index in [-0.39, 0.29) is 17.4 Å². The highest BCUT2D eigenvalue weighted by molar-refractivity contribution is 6.05. The third kappa shape index (κ3) is 4.01. The molecule has 0 fully saturated rings. The van der Waals surface area contributed by atoms with Gasteiger partial charge in [-0.25, -0.2) is 10.1 Å². The van der Waals surface area contributed by atoms with Crippen LogP contribution >= 0.6 is 0 Å². The second kappa shape index (κ2) is 8.59. The zero-order valence-corrected chi connectivity index (χ0v) is 17.7. The number of hydrazone groups is 1. The van der Waals surface area contributed by atoms with Crippen molar-refractivity contribution in [2.75, 3.05) is 6.61 Å². The number of rotatable bonds is 6. The minimum Gasteiger partial charge on any atom is -0.493 e. The van der Waals surface area contributed by atoms with Crippen LogP contribution in [0.25, 0.3) is 10.8 Å². The number of carbonyl (C=O) groups is 1. The largest absolute Gasteiger partial charge is 0.493 e. The fourth-order valence-electron chi connectivity index (χ4n) is 3.67. The molecule has 1 amide bonds. The molecule has 1 aromatic heterocycles. The molecule has 0 saturated carbocycles. The topological polar surface area (TPSA) is 94.8 Å². The summed E-state index contributed by atoms with van der Waals surface area (Å²) in [5.74, 6) is 0.977. The van der Waals surface area contributed by atoms with Crippen LogP contribution in [0.15, 0.2) is 46.3 Å². The van der Waals surface area contributed by atoms with Gasteiger partial charge in [0.25, 0.3) is 11.5 Å². The lowest BCUT2D eigenvalue weighted by molar-refractivity contribution is 0.0949. The lowest BCUT2D eigenvalue weighted by atomic mass is 10.1. The molecule has 2 heterocycles. The molecule has 8 heteroatoms. The van der Waals surface area contributed by atoms with E-state index in [0.29, 0.717) is 35.2 Å². The molecule has 160 valence electrons. The van der Waals surface area contributed by atoms with E-state index >= 15 is 0 Å². The molecular formula is C23H24N4O4. The summed E-state index contributed by atoms with van der Waals surface area (Å²) >= 11 is 0. The van der Waals surface area contributed by atoms with Gasteiger partial charge in [-0.05, 0) is 39.0 Å². The highest BCUT2D eigenvalue weighted by atomic mass is 16.5. The number of hydrogen-bond donors (Lipinski definition) is 1. The molecular weight excluding hydrogens is 396 g/mol. The van der Waals surface area contributed by atoms with Gasteiger partial charge < -0.3 is 9.47 Å². The summed E-state index contributed by atoms with van der Waals surface area (Å²) in [6, 6.07) is 10.7. The monoisotopic (exact) mass is 420 g/mol. The molecule has 1 N–H and O–H groups in total. The maximum atomic E-state index is 12.8. The van der Waals surface area contributed by atoms with Crippen molar-refractivity contribution in [3.05, 3.63) is 63.6 Å². The normalized spacial score (nSPS) is 15.1. The number of carbonyl (C=O) groups excluding carboxylic acids is 1. The van der Waals surface area contributed by atoms with Crippen LogP contribution in [0, 0.1) is 0 Å². The highest BCUT2D eigenvalue weighted by Gasteiger charge is 2.21. The van der Waals surface area contributed by atoms with E-state index < -0.39 is 5.91 Å². The van der Waals surface area contributed by atoms with E-state index in [2.05, 4.69) is 15.6 Å². The van der Waals surface area contributed by atoms with Gasteiger partial charge in [0.2, 0.25) is 0 Å². The molecule has 2 aromatic carbocycles. The third-order valence-electron chi connectivity index (χ3n) is 5.08. The SMILES string of the molecule is CCOc1cc2c(cc1/C=N\NC(=O)c1nn(CC)c(=O)c3ccccc13)O[C@H](C)C2. The van der Waals surface area contributed by atoms with E-state index in [1.165, 1.54) is 10.9 Å². The molecule has 1 aliphatic heterocycles. The zero-order chi connectivity index (χ0) is 22.0. The van der Waals surface area contributed by atoms with E-state index in [0.717, 1.165) is 17.7 Å². The maximum Gasteiger partial charge on any atom is 0.292 e. The van der Waals surface area contributed by atoms with Crippen molar-refractivity contribution in [3.8, 4) is 11.5 Å². The minimum absolute atomic E-state index is 0.116. The Bertz CT molecular complexity index is 1230. The minimum atomic E-state index is -0.501. The third-order valence-corrected chi connectivity index (χ3v) is 5.08. The first-order valence-corrected chi connectivity index (χ1v) is 10.3.